The monoisotopic (exact) mass is 867 g/mol. The van der Waals surface area contributed by atoms with E-state index in [0.29, 0.717) is 5.92 Å². The van der Waals surface area contributed by atoms with Gasteiger partial charge in [-0.25, -0.2) is 0 Å². The number of hydrogen-bond acceptors (Lipinski definition) is 3. The van der Waals surface area contributed by atoms with E-state index in [9.17, 15) is 9.90 Å². The number of nitrogens with zero attached hydrogens (tertiary/aromatic N) is 1. The van der Waals surface area contributed by atoms with Gasteiger partial charge in [0.05, 0.1) is 5.76 Å². The smallest absolute Gasteiger partial charge is 0.162 e. The summed E-state index contributed by atoms with van der Waals surface area (Å²) in [5.41, 5.74) is 10.2. The van der Waals surface area contributed by atoms with Gasteiger partial charge in [0, 0.05) is 55.8 Å². The summed E-state index contributed by atoms with van der Waals surface area (Å²) in [5.74, 6) is 1.03. The number of pyridine rings is 1. The number of aliphatic hydroxyl groups is 1. The number of rotatable bonds is 9. The van der Waals surface area contributed by atoms with Crippen LogP contribution in [0, 0.1) is 17.9 Å². The van der Waals surface area contributed by atoms with Crippen LogP contribution in [0.1, 0.15) is 103 Å². The molecule has 2 aliphatic rings. The summed E-state index contributed by atoms with van der Waals surface area (Å²) in [7, 11) is 0. The van der Waals surface area contributed by atoms with Crippen molar-refractivity contribution in [3.63, 3.8) is 0 Å². The first-order valence-electron chi connectivity index (χ1n) is 18.9. The molecule has 0 spiro atoms. The third kappa shape index (κ3) is 7.80. The van der Waals surface area contributed by atoms with Gasteiger partial charge in [0.1, 0.15) is 0 Å². The van der Waals surface area contributed by atoms with Gasteiger partial charge in [0.2, 0.25) is 0 Å². The van der Waals surface area contributed by atoms with E-state index in [1.807, 2.05) is 33.9 Å². The largest absolute Gasteiger partial charge is 0.512 e. The van der Waals surface area contributed by atoms with Crippen LogP contribution >= 0.6 is 0 Å². The molecule has 1 N–H and O–H groups in total. The molecule has 1 aromatic heterocycles. The number of aliphatic hydroxyl groups excluding tert-OH is 1. The van der Waals surface area contributed by atoms with Gasteiger partial charge in [-0.2, -0.15) is 0 Å². The van der Waals surface area contributed by atoms with Crippen molar-refractivity contribution in [2.24, 2.45) is 11.8 Å². The van der Waals surface area contributed by atoms with Crippen molar-refractivity contribution < 1.29 is 30.0 Å². The van der Waals surface area contributed by atoms with Crippen LogP contribution in [0.15, 0.2) is 109 Å². The molecule has 0 saturated heterocycles. The Kier molecular flexibility index (Phi) is 12.6. The van der Waals surface area contributed by atoms with Crippen molar-refractivity contribution in [1.29, 1.82) is 0 Å². The number of ketones is 1. The molecular formula is C48H52IrNO2-. The molecule has 0 saturated carbocycles. The number of aromatic nitrogens is 1. The first-order valence-corrected chi connectivity index (χ1v) is 18.9. The van der Waals surface area contributed by atoms with E-state index in [1.54, 1.807) is 0 Å². The molecule has 4 aromatic carbocycles. The molecule has 1 atom stereocenters. The Morgan fingerprint density at radius 3 is 2.29 bits per heavy atom. The second kappa shape index (κ2) is 16.7. The maximum Gasteiger partial charge on any atom is 0.162 e. The molecule has 1 radical (unpaired) electrons. The number of allylic oxidation sites excluding steroid dienone is 6. The predicted molar refractivity (Wildman–Crippen MR) is 216 cm³/mol. The van der Waals surface area contributed by atoms with Gasteiger partial charge in [0.25, 0.3) is 0 Å². The SMILES string of the molecule is CC(C)(C)c1cc(-c2cc(-c3ccc4c5c(cccc35)C3CC=CC=C43)ccn2)[c-]c2ccccc12.CCC(CC)C(=O)/C=C(\O)C(CC)CC.[Ir]. The van der Waals surface area contributed by atoms with Crippen LogP contribution in [0.5, 0.6) is 0 Å². The van der Waals surface area contributed by atoms with Crippen molar-refractivity contribution >= 4 is 32.9 Å². The molecule has 271 valence electrons. The zero-order valence-corrected chi connectivity index (χ0v) is 34.1. The van der Waals surface area contributed by atoms with Crippen LogP contribution < -0.4 is 0 Å². The van der Waals surface area contributed by atoms with Gasteiger partial charge >= 0.3 is 0 Å². The van der Waals surface area contributed by atoms with Crippen molar-refractivity contribution in [1.82, 2.24) is 4.98 Å². The Morgan fingerprint density at radius 1 is 0.885 bits per heavy atom. The molecule has 0 aliphatic heterocycles. The average Bonchev–Trinajstić information content (AvgIpc) is 3.47. The first-order chi connectivity index (χ1) is 24.6. The minimum absolute atomic E-state index is 0. The minimum Gasteiger partial charge on any atom is -0.512 e. The Morgan fingerprint density at radius 2 is 1.58 bits per heavy atom. The zero-order chi connectivity index (χ0) is 36.3. The minimum atomic E-state index is 0. The van der Waals surface area contributed by atoms with Gasteiger partial charge in [-0.05, 0) is 82.2 Å². The standard InChI is InChI=1S/C35H28N.C13H24O2.Ir/c1-35(2,3)32-20-24(19-22-9-4-5-10-26(22)32)33-21-23(17-18-36-33)25-15-16-31-28-12-7-6-11-27(28)30-14-8-13-29(25)34(30)31;1-5-10(6-2)12(14)9-13(15)11(7-3)8-4;/h4-10,12-18,20-21,27H,11H2,1-3H3;9-11,14H,5-8H2,1-4H3;/q-1;;/b;12-9-;. The molecule has 5 aromatic rings. The summed E-state index contributed by atoms with van der Waals surface area (Å²) in [4.78, 5) is 16.5. The Balaban J connectivity index is 0.000000280. The number of fused-ring (bicyclic) bond motifs is 4. The van der Waals surface area contributed by atoms with Crippen molar-refractivity contribution in [2.45, 2.75) is 91.9 Å². The molecule has 3 nitrogen and oxygen atoms in total. The third-order valence-corrected chi connectivity index (χ3v) is 10.9. The fourth-order valence-electron chi connectivity index (χ4n) is 7.93. The van der Waals surface area contributed by atoms with Gasteiger partial charge in [-0.15, -0.1) is 29.1 Å². The maximum absolute atomic E-state index is 11.7. The van der Waals surface area contributed by atoms with Crippen LogP contribution in [0.4, 0.5) is 0 Å². The number of carbonyl (C=O) groups is 1. The van der Waals surface area contributed by atoms with Gasteiger partial charge < -0.3 is 5.11 Å². The van der Waals surface area contributed by atoms with E-state index < -0.39 is 0 Å². The first kappa shape index (κ1) is 39.1. The molecule has 4 heteroatoms. The fraction of sp³-hybridized carbons (Fsp3) is 0.333. The summed E-state index contributed by atoms with van der Waals surface area (Å²) >= 11 is 0. The third-order valence-electron chi connectivity index (χ3n) is 10.9. The predicted octanol–water partition coefficient (Wildman–Crippen LogP) is 13.1. The topological polar surface area (TPSA) is 50.2 Å². The van der Waals surface area contributed by atoms with Crippen LogP contribution in [-0.2, 0) is 30.3 Å². The molecule has 52 heavy (non-hydrogen) atoms. The van der Waals surface area contributed by atoms with E-state index in [4.69, 9.17) is 4.98 Å². The molecule has 2 aliphatic carbocycles. The molecule has 0 fully saturated rings. The average molecular weight is 867 g/mol. The van der Waals surface area contributed by atoms with Gasteiger partial charge in [0.15, 0.2) is 5.78 Å². The summed E-state index contributed by atoms with van der Waals surface area (Å²) in [6, 6.07) is 30.3. The van der Waals surface area contributed by atoms with Crippen LogP contribution in [-0.4, -0.2) is 15.9 Å². The second-order valence-corrected chi connectivity index (χ2v) is 15.1. The fourth-order valence-corrected chi connectivity index (χ4v) is 7.93. The number of hydrogen-bond donors (Lipinski definition) is 1. The summed E-state index contributed by atoms with van der Waals surface area (Å²) in [6.45, 7) is 14.9. The molecule has 1 heterocycles. The summed E-state index contributed by atoms with van der Waals surface area (Å²) < 4.78 is 0. The number of carbonyl (C=O) groups excluding carboxylic acids is 1. The van der Waals surface area contributed by atoms with Gasteiger partial charge in [-0.3, -0.25) is 9.78 Å². The Hall–Kier alpha value is -4.11. The number of benzene rings is 4. The zero-order valence-electron chi connectivity index (χ0n) is 31.7. The summed E-state index contributed by atoms with van der Waals surface area (Å²) in [5, 5.41) is 14.9. The van der Waals surface area contributed by atoms with E-state index in [1.165, 1.54) is 55.6 Å². The van der Waals surface area contributed by atoms with E-state index in [-0.39, 0.29) is 48.9 Å². The van der Waals surface area contributed by atoms with E-state index in [2.05, 4.69) is 118 Å². The van der Waals surface area contributed by atoms with E-state index in [0.717, 1.165) is 48.7 Å². The van der Waals surface area contributed by atoms with Crippen molar-refractivity contribution in [2.75, 3.05) is 0 Å². The second-order valence-electron chi connectivity index (χ2n) is 15.1. The Labute approximate surface area is 324 Å². The van der Waals surface area contributed by atoms with Crippen LogP contribution in [0.2, 0.25) is 0 Å². The molecule has 0 amide bonds. The molecule has 0 bridgehead atoms. The van der Waals surface area contributed by atoms with Crippen molar-refractivity contribution in [3.8, 4) is 22.4 Å². The molecule has 1 unspecified atom stereocenters. The molecule has 7 rings (SSSR count). The van der Waals surface area contributed by atoms with Crippen LogP contribution in [0.25, 0.3) is 49.5 Å². The quantitative estimate of drug-likeness (QED) is 0.0912. The molecular weight excluding hydrogens is 815 g/mol. The van der Waals surface area contributed by atoms with E-state index >= 15 is 0 Å². The van der Waals surface area contributed by atoms with Crippen LogP contribution in [0.3, 0.4) is 0 Å². The Bertz CT molecular complexity index is 2160. The maximum atomic E-state index is 11.7. The summed E-state index contributed by atoms with van der Waals surface area (Å²) in [6.07, 6.45) is 14.7. The normalized spacial score (nSPS) is 15.0. The van der Waals surface area contributed by atoms with Gasteiger partial charge in [-0.1, -0.05) is 132 Å². The van der Waals surface area contributed by atoms with Crippen molar-refractivity contribution in [3.05, 3.63) is 132 Å².